The Morgan fingerprint density at radius 1 is 1.52 bits per heavy atom. The third-order valence-corrected chi connectivity index (χ3v) is 3.14. The molecular formula is C13H13N5O3. The van der Waals surface area contributed by atoms with Crippen LogP contribution in [-0.4, -0.2) is 33.7 Å². The number of hydrogen-bond acceptors (Lipinski definition) is 5. The molecule has 2 heterocycles. The van der Waals surface area contributed by atoms with Gasteiger partial charge in [0.05, 0.1) is 13.5 Å². The van der Waals surface area contributed by atoms with Crippen molar-refractivity contribution in [3.63, 3.8) is 0 Å². The van der Waals surface area contributed by atoms with E-state index in [1.807, 2.05) is 0 Å². The highest BCUT2D eigenvalue weighted by atomic mass is 16.5. The summed E-state index contributed by atoms with van der Waals surface area (Å²) in [6.45, 7) is 0. The van der Waals surface area contributed by atoms with Gasteiger partial charge in [0.25, 0.3) is 0 Å². The molecule has 0 spiro atoms. The molecule has 0 saturated heterocycles. The third kappa shape index (κ3) is 2.55. The Bertz CT molecular complexity index is 697. The van der Waals surface area contributed by atoms with Gasteiger partial charge in [-0.1, -0.05) is 6.07 Å². The number of benzene rings is 1. The highest BCUT2D eigenvalue weighted by Crippen LogP contribution is 2.24. The fourth-order valence-corrected chi connectivity index (χ4v) is 2.14. The molecule has 0 saturated carbocycles. The first-order chi connectivity index (χ1) is 10.2. The van der Waals surface area contributed by atoms with Crippen LogP contribution in [0.25, 0.3) is 0 Å². The zero-order valence-corrected chi connectivity index (χ0v) is 11.2. The summed E-state index contributed by atoms with van der Waals surface area (Å²) in [7, 11) is 1.55. The van der Waals surface area contributed by atoms with Gasteiger partial charge in [0.1, 0.15) is 18.1 Å². The normalized spacial score (nSPS) is 16.8. The van der Waals surface area contributed by atoms with E-state index in [2.05, 4.69) is 20.7 Å². The quantitative estimate of drug-likeness (QED) is 0.870. The highest BCUT2D eigenvalue weighted by Gasteiger charge is 2.31. The van der Waals surface area contributed by atoms with Crippen LogP contribution >= 0.6 is 0 Å². The van der Waals surface area contributed by atoms with Crippen LogP contribution < -0.4 is 15.4 Å². The molecule has 1 atom stereocenters. The zero-order valence-electron chi connectivity index (χ0n) is 11.2. The van der Waals surface area contributed by atoms with E-state index in [0.717, 1.165) is 0 Å². The number of hydrogen-bond donors (Lipinski definition) is 2. The van der Waals surface area contributed by atoms with Crippen molar-refractivity contribution in [2.75, 3.05) is 17.7 Å². The van der Waals surface area contributed by atoms with Gasteiger partial charge in [0.2, 0.25) is 17.8 Å². The Balaban J connectivity index is 1.81. The fraction of sp³-hybridized carbons (Fsp3) is 0.231. The van der Waals surface area contributed by atoms with Crippen molar-refractivity contribution >= 4 is 23.5 Å². The minimum Gasteiger partial charge on any atom is -0.497 e. The van der Waals surface area contributed by atoms with Gasteiger partial charge in [0, 0.05) is 11.8 Å². The van der Waals surface area contributed by atoms with Crippen molar-refractivity contribution in [1.82, 2.24) is 14.8 Å². The van der Waals surface area contributed by atoms with E-state index in [1.54, 1.807) is 31.4 Å². The molecule has 0 bridgehead atoms. The number of nitrogens with zero attached hydrogens (tertiary/aromatic N) is 3. The number of carbonyl (C=O) groups is 2. The second kappa shape index (κ2) is 5.23. The van der Waals surface area contributed by atoms with Crippen molar-refractivity contribution < 1.29 is 14.3 Å². The van der Waals surface area contributed by atoms with Crippen LogP contribution in [0.4, 0.5) is 11.6 Å². The molecule has 0 unspecified atom stereocenters. The van der Waals surface area contributed by atoms with E-state index in [1.165, 1.54) is 11.0 Å². The summed E-state index contributed by atoms with van der Waals surface area (Å²) in [5.41, 5.74) is 0.590. The number of carbonyl (C=O) groups excluding carboxylic acids is 2. The number of ether oxygens (including phenoxy) is 1. The smallest absolute Gasteiger partial charge is 0.249 e. The van der Waals surface area contributed by atoms with Gasteiger partial charge in [-0.2, -0.15) is 10.1 Å². The lowest BCUT2D eigenvalue weighted by atomic mass is 10.1. The lowest BCUT2D eigenvalue weighted by Gasteiger charge is -2.22. The van der Waals surface area contributed by atoms with Crippen LogP contribution in [-0.2, 0) is 9.59 Å². The Morgan fingerprint density at radius 3 is 3.19 bits per heavy atom. The highest BCUT2D eigenvalue weighted by molar-refractivity contribution is 6.00. The lowest BCUT2D eigenvalue weighted by Crippen LogP contribution is -2.35. The number of fused-ring (bicyclic) bond motifs is 1. The van der Waals surface area contributed by atoms with Crippen molar-refractivity contribution in [2.45, 2.75) is 12.5 Å². The Labute approximate surface area is 120 Å². The molecule has 0 radical (unpaired) electrons. The average Bonchev–Trinajstić information content (AvgIpc) is 2.94. The summed E-state index contributed by atoms with van der Waals surface area (Å²) in [5.74, 6) is 0.318. The molecule has 2 aromatic rings. The predicted molar refractivity (Wildman–Crippen MR) is 73.9 cm³/mol. The standard InChI is InChI=1S/C13H13N5O3/c1-21-9-4-2-3-8(5-9)16-12(20)10-6-11(19)17-13-14-7-15-18(10)13/h2-5,7,10H,6H2,1H3,(H,16,20)(H,14,15,17,19)/t10-/m1/s1. The molecule has 108 valence electrons. The van der Waals surface area contributed by atoms with Crippen molar-refractivity contribution in [2.24, 2.45) is 0 Å². The van der Waals surface area contributed by atoms with Gasteiger partial charge in [-0.15, -0.1) is 0 Å². The molecule has 2 N–H and O–H groups in total. The van der Waals surface area contributed by atoms with Gasteiger partial charge in [-0.3, -0.25) is 14.9 Å². The summed E-state index contributed by atoms with van der Waals surface area (Å²) >= 11 is 0. The molecule has 8 nitrogen and oxygen atoms in total. The first kappa shape index (κ1) is 13.1. The molecule has 0 fully saturated rings. The van der Waals surface area contributed by atoms with E-state index >= 15 is 0 Å². The number of rotatable bonds is 3. The second-order valence-electron chi connectivity index (χ2n) is 4.52. The Kier molecular flexibility index (Phi) is 3.27. The number of aromatic nitrogens is 3. The number of methoxy groups -OCH3 is 1. The maximum Gasteiger partial charge on any atom is 0.249 e. The van der Waals surface area contributed by atoms with Gasteiger partial charge in [-0.25, -0.2) is 4.68 Å². The maximum atomic E-state index is 12.4. The zero-order chi connectivity index (χ0) is 14.8. The Morgan fingerprint density at radius 2 is 2.38 bits per heavy atom. The Hall–Kier alpha value is -2.90. The molecule has 1 aromatic carbocycles. The van der Waals surface area contributed by atoms with Crippen LogP contribution in [0, 0.1) is 0 Å². The van der Waals surface area contributed by atoms with Gasteiger partial charge in [-0.05, 0) is 12.1 Å². The largest absolute Gasteiger partial charge is 0.497 e. The van der Waals surface area contributed by atoms with Crippen LogP contribution in [0.15, 0.2) is 30.6 Å². The minimum absolute atomic E-state index is 0.0200. The first-order valence-electron chi connectivity index (χ1n) is 6.31. The molecule has 0 aliphatic carbocycles. The summed E-state index contributed by atoms with van der Waals surface area (Å²) < 4.78 is 6.50. The van der Waals surface area contributed by atoms with Crippen LogP contribution in [0.1, 0.15) is 12.5 Å². The summed E-state index contributed by atoms with van der Waals surface area (Å²) in [5, 5.41) is 9.28. The fourth-order valence-electron chi connectivity index (χ4n) is 2.14. The molecule has 1 aliphatic heterocycles. The molecule has 1 aliphatic rings. The molecular weight excluding hydrogens is 274 g/mol. The summed E-state index contributed by atoms with van der Waals surface area (Å²) in [4.78, 5) is 27.8. The maximum absolute atomic E-state index is 12.4. The lowest BCUT2D eigenvalue weighted by molar-refractivity contribution is -0.125. The number of nitrogens with one attached hydrogen (secondary N) is 2. The average molecular weight is 287 g/mol. The monoisotopic (exact) mass is 287 g/mol. The van der Waals surface area contributed by atoms with Gasteiger partial charge < -0.3 is 10.1 Å². The van der Waals surface area contributed by atoms with Crippen LogP contribution in [0.3, 0.4) is 0 Å². The number of anilines is 2. The molecule has 3 rings (SSSR count). The predicted octanol–water partition coefficient (Wildman–Crippen LogP) is 0.809. The molecule has 2 amide bonds. The topological polar surface area (TPSA) is 98.1 Å². The van der Waals surface area contributed by atoms with E-state index in [9.17, 15) is 9.59 Å². The van der Waals surface area contributed by atoms with Crippen molar-refractivity contribution in [3.05, 3.63) is 30.6 Å². The summed E-state index contributed by atoms with van der Waals surface area (Å²) in [6.07, 6.45) is 1.32. The summed E-state index contributed by atoms with van der Waals surface area (Å²) in [6, 6.07) is 6.26. The van der Waals surface area contributed by atoms with E-state index in [4.69, 9.17) is 4.74 Å². The molecule has 8 heteroatoms. The van der Waals surface area contributed by atoms with E-state index in [0.29, 0.717) is 11.4 Å². The van der Waals surface area contributed by atoms with Gasteiger partial charge in [0.15, 0.2) is 0 Å². The minimum atomic E-state index is -0.720. The van der Waals surface area contributed by atoms with Crippen LogP contribution in [0.5, 0.6) is 5.75 Å². The molecule has 1 aromatic heterocycles. The van der Waals surface area contributed by atoms with E-state index < -0.39 is 6.04 Å². The third-order valence-electron chi connectivity index (χ3n) is 3.14. The van der Waals surface area contributed by atoms with Crippen molar-refractivity contribution in [1.29, 1.82) is 0 Å². The van der Waals surface area contributed by atoms with Crippen molar-refractivity contribution in [3.8, 4) is 5.75 Å². The van der Waals surface area contributed by atoms with Crippen LogP contribution in [0.2, 0.25) is 0 Å². The first-order valence-corrected chi connectivity index (χ1v) is 6.31. The van der Waals surface area contributed by atoms with Gasteiger partial charge >= 0.3 is 0 Å². The number of amides is 2. The SMILES string of the molecule is COc1cccc(NC(=O)[C@H]2CC(=O)Nc3ncnn32)c1. The molecule has 21 heavy (non-hydrogen) atoms. The van der Waals surface area contributed by atoms with E-state index in [-0.39, 0.29) is 24.2 Å². The second-order valence-corrected chi connectivity index (χ2v) is 4.52.